The van der Waals surface area contributed by atoms with Crippen molar-refractivity contribution in [1.29, 1.82) is 0 Å². The molecule has 2 aromatic rings. The SMILES string of the molecule is O=C(Cc1ccc(Cl)cc1)c1ccncc1Cl. The molecule has 0 aliphatic heterocycles. The molecule has 2 nitrogen and oxygen atoms in total. The third kappa shape index (κ3) is 3.05. The number of hydrogen-bond acceptors (Lipinski definition) is 2. The number of ketones is 1. The van der Waals surface area contributed by atoms with E-state index in [0.29, 0.717) is 22.0 Å². The van der Waals surface area contributed by atoms with Gasteiger partial charge in [0.1, 0.15) is 0 Å². The molecule has 0 spiro atoms. The first-order valence-corrected chi connectivity index (χ1v) is 5.79. The predicted octanol–water partition coefficient (Wildman–Crippen LogP) is 3.81. The van der Waals surface area contributed by atoms with Gasteiger partial charge in [-0.2, -0.15) is 0 Å². The number of benzene rings is 1. The average molecular weight is 266 g/mol. The van der Waals surface area contributed by atoms with Gasteiger partial charge in [0.15, 0.2) is 5.78 Å². The number of hydrogen-bond donors (Lipinski definition) is 0. The second-order valence-corrected chi connectivity index (χ2v) is 4.43. The first-order valence-electron chi connectivity index (χ1n) is 5.04. The molecule has 0 aliphatic rings. The Labute approximate surface area is 109 Å². The van der Waals surface area contributed by atoms with Gasteiger partial charge in [-0.15, -0.1) is 0 Å². The number of carbonyl (C=O) groups is 1. The van der Waals surface area contributed by atoms with Crippen molar-refractivity contribution in [1.82, 2.24) is 4.98 Å². The Morgan fingerprint density at radius 1 is 1.12 bits per heavy atom. The molecule has 4 heteroatoms. The molecule has 0 saturated heterocycles. The summed E-state index contributed by atoms with van der Waals surface area (Å²) in [4.78, 5) is 15.8. The quantitative estimate of drug-likeness (QED) is 0.790. The molecule has 1 aromatic carbocycles. The van der Waals surface area contributed by atoms with Gasteiger partial charge in [0.25, 0.3) is 0 Å². The maximum Gasteiger partial charge on any atom is 0.168 e. The number of aromatic nitrogens is 1. The van der Waals surface area contributed by atoms with Crippen molar-refractivity contribution >= 4 is 29.0 Å². The number of nitrogens with zero attached hydrogens (tertiary/aromatic N) is 1. The minimum Gasteiger partial charge on any atom is -0.294 e. The van der Waals surface area contributed by atoms with Gasteiger partial charge in [-0.1, -0.05) is 35.3 Å². The summed E-state index contributed by atoms with van der Waals surface area (Å²) in [6.07, 6.45) is 3.33. The van der Waals surface area contributed by atoms with Crippen LogP contribution < -0.4 is 0 Å². The lowest BCUT2D eigenvalue weighted by molar-refractivity contribution is 0.0993. The molecule has 0 saturated carbocycles. The fourth-order valence-corrected chi connectivity index (χ4v) is 1.83. The van der Waals surface area contributed by atoms with Gasteiger partial charge in [0.2, 0.25) is 0 Å². The zero-order valence-electron chi connectivity index (χ0n) is 8.86. The molecular formula is C13H9Cl2NO. The summed E-state index contributed by atoms with van der Waals surface area (Å²) in [7, 11) is 0. The second-order valence-electron chi connectivity index (χ2n) is 3.58. The zero-order chi connectivity index (χ0) is 12.3. The van der Waals surface area contributed by atoms with E-state index >= 15 is 0 Å². The molecule has 1 aromatic heterocycles. The lowest BCUT2D eigenvalue weighted by Crippen LogP contribution is -2.04. The molecule has 0 amide bonds. The third-order valence-corrected chi connectivity index (χ3v) is 2.90. The van der Waals surface area contributed by atoms with Crippen molar-refractivity contribution in [3.8, 4) is 0 Å². The topological polar surface area (TPSA) is 30.0 Å². The Morgan fingerprint density at radius 3 is 2.47 bits per heavy atom. The number of Topliss-reactive ketones (excluding diaryl/α,β-unsaturated/α-hetero) is 1. The van der Waals surface area contributed by atoms with Crippen LogP contribution in [0.4, 0.5) is 0 Å². The molecule has 86 valence electrons. The van der Waals surface area contributed by atoms with E-state index < -0.39 is 0 Å². The number of pyridine rings is 1. The second kappa shape index (κ2) is 5.30. The molecule has 1 heterocycles. The third-order valence-electron chi connectivity index (χ3n) is 2.35. The van der Waals surface area contributed by atoms with Crippen molar-refractivity contribution in [2.75, 3.05) is 0 Å². The smallest absolute Gasteiger partial charge is 0.168 e. The highest BCUT2D eigenvalue weighted by atomic mass is 35.5. The number of halogens is 2. The van der Waals surface area contributed by atoms with E-state index in [1.807, 2.05) is 12.1 Å². The van der Waals surface area contributed by atoms with E-state index in [1.165, 1.54) is 6.20 Å². The summed E-state index contributed by atoms with van der Waals surface area (Å²) in [5.41, 5.74) is 1.41. The first kappa shape index (κ1) is 12.1. The fraction of sp³-hybridized carbons (Fsp3) is 0.0769. The van der Waals surface area contributed by atoms with Gasteiger partial charge in [0.05, 0.1) is 5.02 Å². The van der Waals surface area contributed by atoms with Crippen LogP contribution in [-0.4, -0.2) is 10.8 Å². The van der Waals surface area contributed by atoms with E-state index in [4.69, 9.17) is 23.2 Å². The highest BCUT2D eigenvalue weighted by molar-refractivity contribution is 6.33. The molecule has 0 aliphatic carbocycles. The van der Waals surface area contributed by atoms with Crippen molar-refractivity contribution in [2.45, 2.75) is 6.42 Å². The highest BCUT2D eigenvalue weighted by Gasteiger charge is 2.10. The fourth-order valence-electron chi connectivity index (χ4n) is 1.48. The minimum atomic E-state index is -0.0280. The predicted molar refractivity (Wildman–Crippen MR) is 68.7 cm³/mol. The molecule has 0 atom stereocenters. The Morgan fingerprint density at radius 2 is 1.82 bits per heavy atom. The Hall–Kier alpha value is -1.38. The van der Waals surface area contributed by atoms with Crippen molar-refractivity contribution in [3.05, 3.63) is 63.9 Å². The van der Waals surface area contributed by atoms with Crippen LogP contribution in [-0.2, 0) is 6.42 Å². The molecule has 0 N–H and O–H groups in total. The normalized spacial score (nSPS) is 10.2. The molecule has 2 rings (SSSR count). The molecular weight excluding hydrogens is 257 g/mol. The van der Waals surface area contributed by atoms with Crippen LogP contribution in [0.2, 0.25) is 10.0 Å². The van der Waals surface area contributed by atoms with Crippen LogP contribution >= 0.6 is 23.2 Å². The van der Waals surface area contributed by atoms with E-state index in [9.17, 15) is 4.79 Å². The first-order chi connectivity index (χ1) is 8.16. The van der Waals surface area contributed by atoms with Gasteiger partial charge in [0, 0.05) is 29.4 Å². The number of carbonyl (C=O) groups excluding carboxylic acids is 1. The summed E-state index contributed by atoms with van der Waals surface area (Å²) in [6, 6.07) is 8.81. The van der Waals surface area contributed by atoms with Crippen LogP contribution in [0.15, 0.2) is 42.7 Å². The maximum atomic E-state index is 12.0. The van der Waals surface area contributed by atoms with E-state index in [0.717, 1.165) is 5.56 Å². The Kier molecular flexibility index (Phi) is 3.77. The van der Waals surface area contributed by atoms with E-state index in [2.05, 4.69) is 4.98 Å². The molecule has 17 heavy (non-hydrogen) atoms. The largest absolute Gasteiger partial charge is 0.294 e. The summed E-state index contributed by atoms with van der Waals surface area (Å²) in [5, 5.41) is 1.04. The summed E-state index contributed by atoms with van der Waals surface area (Å²) in [5.74, 6) is -0.0280. The Balaban J connectivity index is 2.17. The van der Waals surface area contributed by atoms with Gasteiger partial charge in [-0.05, 0) is 23.8 Å². The zero-order valence-corrected chi connectivity index (χ0v) is 10.4. The Bertz CT molecular complexity index is 537. The van der Waals surface area contributed by atoms with Crippen LogP contribution in [0.3, 0.4) is 0 Å². The van der Waals surface area contributed by atoms with Crippen molar-refractivity contribution in [3.63, 3.8) is 0 Å². The average Bonchev–Trinajstić information content (AvgIpc) is 2.32. The maximum absolute atomic E-state index is 12.0. The molecule has 0 fully saturated rings. The van der Waals surface area contributed by atoms with Crippen LogP contribution in [0.1, 0.15) is 15.9 Å². The van der Waals surface area contributed by atoms with Gasteiger partial charge < -0.3 is 0 Å². The van der Waals surface area contributed by atoms with Crippen molar-refractivity contribution in [2.24, 2.45) is 0 Å². The minimum absolute atomic E-state index is 0.0280. The van der Waals surface area contributed by atoms with Gasteiger partial charge in [-0.3, -0.25) is 9.78 Å². The summed E-state index contributed by atoms with van der Waals surface area (Å²) < 4.78 is 0. The monoisotopic (exact) mass is 265 g/mol. The van der Waals surface area contributed by atoms with E-state index in [-0.39, 0.29) is 5.78 Å². The van der Waals surface area contributed by atoms with Crippen LogP contribution in [0.25, 0.3) is 0 Å². The van der Waals surface area contributed by atoms with Gasteiger partial charge in [-0.25, -0.2) is 0 Å². The van der Waals surface area contributed by atoms with Crippen LogP contribution in [0, 0.1) is 0 Å². The van der Waals surface area contributed by atoms with Gasteiger partial charge >= 0.3 is 0 Å². The van der Waals surface area contributed by atoms with Crippen LogP contribution in [0.5, 0.6) is 0 Å². The number of rotatable bonds is 3. The molecule has 0 bridgehead atoms. The lowest BCUT2D eigenvalue weighted by atomic mass is 10.0. The molecule has 0 unspecified atom stereocenters. The standard InChI is InChI=1S/C13H9Cl2NO/c14-10-3-1-9(2-4-10)7-13(17)11-5-6-16-8-12(11)15/h1-6,8H,7H2. The highest BCUT2D eigenvalue weighted by Crippen LogP contribution is 2.17. The van der Waals surface area contributed by atoms with Crippen molar-refractivity contribution < 1.29 is 4.79 Å². The summed E-state index contributed by atoms with van der Waals surface area (Å²) >= 11 is 11.7. The molecule has 0 radical (unpaired) electrons. The lowest BCUT2D eigenvalue weighted by Gasteiger charge is -2.03. The summed E-state index contributed by atoms with van der Waals surface area (Å²) in [6.45, 7) is 0. The van der Waals surface area contributed by atoms with E-state index in [1.54, 1.807) is 24.4 Å².